The van der Waals surface area contributed by atoms with Gasteiger partial charge in [-0.15, -0.1) is 22.9 Å². The van der Waals surface area contributed by atoms with Crippen LogP contribution in [-0.4, -0.2) is 28.9 Å². The highest BCUT2D eigenvalue weighted by atomic mass is 35.5. The molecule has 0 aromatic carbocycles. The van der Waals surface area contributed by atoms with E-state index in [1.807, 2.05) is 0 Å². The van der Waals surface area contributed by atoms with Crippen LogP contribution in [0.1, 0.15) is 18.4 Å². The molecule has 0 saturated carbocycles. The van der Waals surface area contributed by atoms with E-state index >= 15 is 0 Å². The summed E-state index contributed by atoms with van der Waals surface area (Å²) in [6.07, 6.45) is 4.02. The molecule has 5 heteroatoms. The van der Waals surface area contributed by atoms with Gasteiger partial charge in [-0.2, -0.15) is 0 Å². The molecule has 3 rings (SSSR count). The number of hydrogen-bond acceptors (Lipinski definition) is 4. The monoisotopic (exact) mass is 281 g/mol. The Kier molecular flexibility index (Phi) is 3.39. The van der Waals surface area contributed by atoms with Gasteiger partial charge in [0, 0.05) is 19.0 Å². The Morgan fingerprint density at radius 2 is 2.39 bits per heavy atom. The van der Waals surface area contributed by atoms with Crippen LogP contribution in [0.5, 0.6) is 0 Å². The number of anilines is 1. The summed E-state index contributed by atoms with van der Waals surface area (Å²) in [4.78, 5) is 11.3. The maximum Gasteiger partial charge on any atom is 0.150 e. The lowest BCUT2D eigenvalue weighted by Gasteiger charge is -2.17. The normalized spacial score (nSPS) is 19.9. The van der Waals surface area contributed by atoms with Crippen molar-refractivity contribution in [2.45, 2.75) is 19.8 Å². The number of thiophene rings is 1. The highest BCUT2D eigenvalue weighted by Gasteiger charge is 2.24. The molecule has 1 aliphatic heterocycles. The van der Waals surface area contributed by atoms with Gasteiger partial charge in [0.25, 0.3) is 0 Å². The number of nitrogens with zero attached hydrogens (tertiary/aromatic N) is 3. The summed E-state index contributed by atoms with van der Waals surface area (Å²) >= 11 is 7.58. The summed E-state index contributed by atoms with van der Waals surface area (Å²) in [6, 6.07) is 0. The smallest absolute Gasteiger partial charge is 0.150 e. The lowest BCUT2D eigenvalue weighted by Crippen LogP contribution is -2.21. The zero-order valence-electron chi connectivity index (χ0n) is 10.4. The van der Waals surface area contributed by atoms with E-state index in [1.54, 1.807) is 17.7 Å². The Hall–Kier alpha value is -0.870. The molecule has 1 atom stereocenters. The Labute approximate surface area is 116 Å². The molecule has 0 N–H and O–H groups in total. The number of rotatable bonds is 3. The fourth-order valence-corrected chi connectivity index (χ4v) is 3.92. The summed E-state index contributed by atoms with van der Waals surface area (Å²) < 4.78 is 1.22. The first-order valence-corrected chi connectivity index (χ1v) is 7.70. The van der Waals surface area contributed by atoms with Gasteiger partial charge in [-0.1, -0.05) is 0 Å². The number of alkyl halides is 1. The fourth-order valence-electron chi connectivity index (χ4n) is 2.60. The lowest BCUT2D eigenvalue weighted by molar-refractivity contribution is 0.572. The average Bonchev–Trinajstić information content (AvgIpc) is 2.98. The van der Waals surface area contributed by atoms with Crippen molar-refractivity contribution in [1.29, 1.82) is 0 Å². The van der Waals surface area contributed by atoms with E-state index < -0.39 is 0 Å². The quantitative estimate of drug-likeness (QED) is 0.807. The van der Waals surface area contributed by atoms with Crippen molar-refractivity contribution in [3.63, 3.8) is 0 Å². The third-order valence-electron chi connectivity index (χ3n) is 3.61. The standard InChI is InChI=1S/C13H16ClN3S/c1-9-7-18-12-11(9)15-8-16-13(12)17-5-3-10(6-17)2-4-14/h7-8,10H,2-6H2,1H3. The van der Waals surface area contributed by atoms with E-state index in [2.05, 4.69) is 27.2 Å². The lowest BCUT2D eigenvalue weighted by atomic mass is 10.1. The molecule has 0 aliphatic carbocycles. The van der Waals surface area contributed by atoms with E-state index in [4.69, 9.17) is 11.6 Å². The molecular weight excluding hydrogens is 266 g/mol. The van der Waals surface area contributed by atoms with Crippen LogP contribution in [0.15, 0.2) is 11.7 Å². The summed E-state index contributed by atoms with van der Waals surface area (Å²) in [5.41, 5.74) is 2.35. The number of fused-ring (bicyclic) bond motifs is 1. The second-order valence-electron chi connectivity index (χ2n) is 4.87. The maximum atomic E-state index is 5.83. The van der Waals surface area contributed by atoms with Crippen LogP contribution >= 0.6 is 22.9 Å². The molecule has 1 unspecified atom stereocenters. The summed E-state index contributed by atoms with van der Waals surface area (Å²) in [7, 11) is 0. The topological polar surface area (TPSA) is 29.0 Å². The predicted molar refractivity (Wildman–Crippen MR) is 77.8 cm³/mol. The first-order chi connectivity index (χ1) is 8.79. The van der Waals surface area contributed by atoms with Crippen LogP contribution in [0.4, 0.5) is 5.82 Å². The van der Waals surface area contributed by atoms with Crippen LogP contribution in [0.3, 0.4) is 0 Å². The molecule has 0 radical (unpaired) electrons. The average molecular weight is 282 g/mol. The largest absolute Gasteiger partial charge is 0.355 e. The Morgan fingerprint density at radius 3 is 3.22 bits per heavy atom. The molecule has 3 nitrogen and oxygen atoms in total. The van der Waals surface area contributed by atoms with Gasteiger partial charge >= 0.3 is 0 Å². The minimum absolute atomic E-state index is 0.716. The molecule has 1 aliphatic rings. The zero-order valence-corrected chi connectivity index (χ0v) is 12.0. The summed E-state index contributed by atoms with van der Waals surface area (Å²) in [5, 5.41) is 2.16. The molecular formula is C13H16ClN3S. The van der Waals surface area contributed by atoms with E-state index in [1.165, 1.54) is 16.7 Å². The molecule has 0 amide bonds. The van der Waals surface area contributed by atoms with Crippen molar-refractivity contribution in [2.24, 2.45) is 5.92 Å². The maximum absolute atomic E-state index is 5.83. The number of halogens is 1. The third-order valence-corrected chi connectivity index (χ3v) is 4.92. The van der Waals surface area contributed by atoms with Crippen LogP contribution in [0.25, 0.3) is 10.2 Å². The minimum Gasteiger partial charge on any atom is -0.355 e. The second kappa shape index (κ2) is 5.02. The van der Waals surface area contributed by atoms with Gasteiger partial charge in [0.1, 0.15) is 12.1 Å². The van der Waals surface area contributed by atoms with Gasteiger partial charge in [-0.05, 0) is 36.6 Å². The molecule has 1 saturated heterocycles. The van der Waals surface area contributed by atoms with Crippen molar-refractivity contribution in [2.75, 3.05) is 23.9 Å². The van der Waals surface area contributed by atoms with E-state index in [9.17, 15) is 0 Å². The summed E-state index contributed by atoms with van der Waals surface area (Å²) in [5.74, 6) is 2.58. The number of aryl methyl sites for hydroxylation is 1. The molecule has 0 spiro atoms. The highest BCUT2D eigenvalue weighted by molar-refractivity contribution is 7.18. The molecule has 2 aromatic heterocycles. The van der Waals surface area contributed by atoms with Crippen LogP contribution < -0.4 is 4.90 Å². The molecule has 18 heavy (non-hydrogen) atoms. The SMILES string of the molecule is Cc1csc2c(N3CCC(CCCl)C3)ncnc12. The second-order valence-corrected chi connectivity index (χ2v) is 6.13. The first-order valence-electron chi connectivity index (χ1n) is 6.29. The number of aromatic nitrogens is 2. The third kappa shape index (κ3) is 2.08. The Balaban J connectivity index is 1.91. The van der Waals surface area contributed by atoms with E-state index in [0.717, 1.165) is 36.7 Å². The van der Waals surface area contributed by atoms with Crippen molar-refractivity contribution in [3.8, 4) is 0 Å². The van der Waals surface area contributed by atoms with Crippen molar-refractivity contribution in [1.82, 2.24) is 9.97 Å². The first kappa shape index (κ1) is 12.2. The molecule has 1 fully saturated rings. The van der Waals surface area contributed by atoms with Crippen LogP contribution in [-0.2, 0) is 0 Å². The van der Waals surface area contributed by atoms with Crippen LogP contribution in [0, 0.1) is 12.8 Å². The zero-order chi connectivity index (χ0) is 12.5. The van der Waals surface area contributed by atoms with E-state index in [0.29, 0.717) is 5.92 Å². The van der Waals surface area contributed by atoms with Crippen molar-refractivity contribution < 1.29 is 0 Å². The van der Waals surface area contributed by atoms with Gasteiger partial charge in [-0.25, -0.2) is 9.97 Å². The fraction of sp³-hybridized carbons (Fsp3) is 0.538. The van der Waals surface area contributed by atoms with Gasteiger partial charge in [0.2, 0.25) is 0 Å². The Morgan fingerprint density at radius 1 is 1.50 bits per heavy atom. The minimum atomic E-state index is 0.716. The predicted octanol–water partition coefficient (Wildman–Crippen LogP) is 3.45. The molecule has 0 bridgehead atoms. The summed E-state index contributed by atoms with van der Waals surface area (Å²) in [6.45, 7) is 4.27. The van der Waals surface area contributed by atoms with E-state index in [-0.39, 0.29) is 0 Å². The Bertz CT molecular complexity index is 554. The van der Waals surface area contributed by atoms with Gasteiger partial charge in [0.05, 0.1) is 10.2 Å². The number of hydrogen-bond donors (Lipinski definition) is 0. The molecule has 96 valence electrons. The van der Waals surface area contributed by atoms with Gasteiger partial charge < -0.3 is 4.90 Å². The highest BCUT2D eigenvalue weighted by Crippen LogP contribution is 2.33. The van der Waals surface area contributed by atoms with Crippen molar-refractivity contribution >= 4 is 39.0 Å². The van der Waals surface area contributed by atoms with Crippen LogP contribution in [0.2, 0.25) is 0 Å². The van der Waals surface area contributed by atoms with Gasteiger partial charge in [0.15, 0.2) is 0 Å². The van der Waals surface area contributed by atoms with Gasteiger partial charge in [-0.3, -0.25) is 0 Å². The molecule has 3 heterocycles. The molecule has 2 aromatic rings. The van der Waals surface area contributed by atoms with Crippen molar-refractivity contribution in [3.05, 3.63) is 17.3 Å².